The zero-order valence-corrected chi connectivity index (χ0v) is 12.9. The number of aryl methyl sites for hydroxylation is 2. The van der Waals surface area contributed by atoms with Crippen LogP contribution in [-0.2, 0) is 11.2 Å². The van der Waals surface area contributed by atoms with Gasteiger partial charge in [-0.05, 0) is 44.9 Å². The van der Waals surface area contributed by atoms with Crippen molar-refractivity contribution in [3.63, 3.8) is 0 Å². The van der Waals surface area contributed by atoms with E-state index in [4.69, 9.17) is 9.15 Å². The fourth-order valence-electron chi connectivity index (χ4n) is 2.29. The molecule has 0 saturated carbocycles. The van der Waals surface area contributed by atoms with E-state index in [1.165, 1.54) is 6.92 Å². The van der Waals surface area contributed by atoms with Gasteiger partial charge in [0.25, 0.3) is 0 Å². The third-order valence-electron chi connectivity index (χ3n) is 3.59. The third-order valence-corrected chi connectivity index (χ3v) is 3.59. The summed E-state index contributed by atoms with van der Waals surface area (Å²) in [5.41, 5.74) is 1.92. The highest BCUT2D eigenvalue weighted by molar-refractivity contribution is 5.85. The van der Waals surface area contributed by atoms with Crippen molar-refractivity contribution in [1.29, 1.82) is 0 Å². The summed E-state index contributed by atoms with van der Waals surface area (Å²) in [7, 11) is 0. The SMILES string of the molecule is CCCc1cc(=O)oc2c(C)c(O[C@H](C)C(C)=O)ccc12. The molecular formula is C17H20O4. The molecule has 0 amide bonds. The normalized spacial score (nSPS) is 12.4. The minimum Gasteiger partial charge on any atom is -0.483 e. The van der Waals surface area contributed by atoms with E-state index in [-0.39, 0.29) is 11.4 Å². The number of carbonyl (C=O) groups is 1. The number of ketones is 1. The molecule has 0 aliphatic heterocycles. The Morgan fingerprint density at radius 1 is 1.38 bits per heavy atom. The van der Waals surface area contributed by atoms with Crippen molar-refractivity contribution in [2.24, 2.45) is 0 Å². The van der Waals surface area contributed by atoms with Crippen molar-refractivity contribution < 1.29 is 13.9 Å². The Hall–Kier alpha value is -2.10. The molecule has 0 bridgehead atoms. The zero-order chi connectivity index (χ0) is 15.6. The van der Waals surface area contributed by atoms with Gasteiger partial charge in [0.15, 0.2) is 11.9 Å². The van der Waals surface area contributed by atoms with E-state index >= 15 is 0 Å². The largest absolute Gasteiger partial charge is 0.483 e. The minimum atomic E-state index is -0.522. The summed E-state index contributed by atoms with van der Waals surface area (Å²) in [6, 6.07) is 5.26. The van der Waals surface area contributed by atoms with Gasteiger partial charge in [0.05, 0.1) is 0 Å². The molecule has 0 N–H and O–H groups in total. The van der Waals surface area contributed by atoms with E-state index in [1.807, 2.05) is 19.1 Å². The molecule has 1 aromatic heterocycles. The van der Waals surface area contributed by atoms with E-state index in [1.54, 1.807) is 13.0 Å². The number of hydrogen-bond acceptors (Lipinski definition) is 4. The van der Waals surface area contributed by atoms with Crippen LogP contribution in [0.5, 0.6) is 5.75 Å². The first-order valence-electron chi connectivity index (χ1n) is 7.17. The molecule has 0 aliphatic carbocycles. The van der Waals surface area contributed by atoms with Gasteiger partial charge in [-0.1, -0.05) is 13.3 Å². The highest BCUT2D eigenvalue weighted by Crippen LogP contribution is 2.29. The van der Waals surface area contributed by atoms with Crippen LogP contribution >= 0.6 is 0 Å². The van der Waals surface area contributed by atoms with Gasteiger partial charge in [-0.25, -0.2) is 4.79 Å². The monoisotopic (exact) mass is 288 g/mol. The second-order valence-corrected chi connectivity index (χ2v) is 5.28. The van der Waals surface area contributed by atoms with Gasteiger partial charge < -0.3 is 9.15 Å². The van der Waals surface area contributed by atoms with Crippen molar-refractivity contribution >= 4 is 16.8 Å². The first kappa shape index (κ1) is 15.3. The first-order chi connectivity index (χ1) is 9.93. The van der Waals surface area contributed by atoms with Crippen LogP contribution in [0.2, 0.25) is 0 Å². The molecular weight excluding hydrogens is 268 g/mol. The summed E-state index contributed by atoms with van der Waals surface area (Å²) in [4.78, 5) is 23.0. The predicted molar refractivity (Wildman–Crippen MR) is 82.0 cm³/mol. The first-order valence-corrected chi connectivity index (χ1v) is 7.17. The topological polar surface area (TPSA) is 56.5 Å². The quantitative estimate of drug-likeness (QED) is 0.791. The molecule has 2 aromatic rings. The second kappa shape index (κ2) is 6.12. The van der Waals surface area contributed by atoms with Gasteiger partial charge in [0, 0.05) is 17.0 Å². The van der Waals surface area contributed by atoms with Gasteiger partial charge in [-0.3, -0.25) is 4.79 Å². The summed E-state index contributed by atoms with van der Waals surface area (Å²) < 4.78 is 11.0. The molecule has 1 atom stereocenters. The Bertz CT molecular complexity index is 727. The molecule has 2 rings (SSSR count). The predicted octanol–water partition coefficient (Wildman–Crippen LogP) is 3.41. The Kier molecular flexibility index (Phi) is 4.46. The standard InChI is InChI=1S/C17H20O4/c1-5-6-13-9-16(19)21-17-10(2)15(8-7-14(13)17)20-12(4)11(3)18/h7-9,12H,5-6H2,1-4H3/t12-/m1/s1. The van der Waals surface area contributed by atoms with Gasteiger partial charge in [-0.15, -0.1) is 0 Å². The van der Waals surface area contributed by atoms with E-state index < -0.39 is 6.10 Å². The van der Waals surface area contributed by atoms with Crippen LogP contribution in [-0.4, -0.2) is 11.9 Å². The Morgan fingerprint density at radius 2 is 2.10 bits per heavy atom. The van der Waals surface area contributed by atoms with E-state index in [2.05, 4.69) is 6.92 Å². The summed E-state index contributed by atoms with van der Waals surface area (Å²) in [5, 5.41) is 0.928. The van der Waals surface area contributed by atoms with E-state index in [0.29, 0.717) is 11.3 Å². The molecule has 0 spiro atoms. The van der Waals surface area contributed by atoms with Crippen LogP contribution in [0.3, 0.4) is 0 Å². The van der Waals surface area contributed by atoms with Crippen LogP contribution in [0.25, 0.3) is 11.0 Å². The summed E-state index contributed by atoms with van der Waals surface area (Å²) in [5.74, 6) is 0.526. The number of rotatable bonds is 5. The third kappa shape index (κ3) is 3.15. The molecule has 0 aliphatic rings. The molecule has 0 saturated heterocycles. The van der Waals surface area contributed by atoms with Crippen LogP contribution in [0, 0.1) is 6.92 Å². The lowest BCUT2D eigenvalue weighted by Crippen LogP contribution is -2.21. The number of benzene rings is 1. The lowest BCUT2D eigenvalue weighted by atomic mass is 10.0. The van der Waals surface area contributed by atoms with Crippen molar-refractivity contribution in [2.45, 2.75) is 46.6 Å². The molecule has 21 heavy (non-hydrogen) atoms. The highest BCUT2D eigenvalue weighted by Gasteiger charge is 2.15. The molecule has 112 valence electrons. The lowest BCUT2D eigenvalue weighted by Gasteiger charge is -2.15. The maximum atomic E-state index is 11.7. The molecule has 1 heterocycles. The molecule has 0 fully saturated rings. The van der Waals surface area contributed by atoms with Gasteiger partial charge in [0.1, 0.15) is 11.3 Å². The van der Waals surface area contributed by atoms with Gasteiger partial charge in [0.2, 0.25) is 0 Å². The minimum absolute atomic E-state index is 0.0457. The highest BCUT2D eigenvalue weighted by atomic mass is 16.5. The van der Waals surface area contributed by atoms with Crippen LogP contribution in [0.1, 0.15) is 38.3 Å². The van der Waals surface area contributed by atoms with E-state index in [0.717, 1.165) is 29.4 Å². The van der Waals surface area contributed by atoms with Crippen molar-refractivity contribution in [3.8, 4) is 5.75 Å². The Balaban J connectivity index is 2.56. The molecule has 0 unspecified atom stereocenters. The number of Topliss-reactive ketones (excluding diaryl/α,β-unsaturated/α-hetero) is 1. The zero-order valence-electron chi connectivity index (χ0n) is 12.9. The van der Waals surface area contributed by atoms with Gasteiger partial charge in [-0.2, -0.15) is 0 Å². The molecule has 4 nitrogen and oxygen atoms in total. The van der Waals surface area contributed by atoms with Crippen molar-refractivity contribution in [3.05, 3.63) is 39.7 Å². The fourth-order valence-corrected chi connectivity index (χ4v) is 2.29. The fraction of sp³-hybridized carbons (Fsp3) is 0.412. The maximum Gasteiger partial charge on any atom is 0.336 e. The average Bonchev–Trinajstić information content (AvgIpc) is 2.42. The second-order valence-electron chi connectivity index (χ2n) is 5.28. The lowest BCUT2D eigenvalue weighted by molar-refractivity contribution is -0.122. The summed E-state index contributed by atoms with van der Waals surface area (Å²) >= 11 is 0. The number of hydrogen-bond donors (Lipinski definition) is 0. The Morgan fingerprint density at radius 3 is 2.71 bits per heavy atom. The van der Waals surface area contributed by atoms with Crippen LogP contribution < -0.4 is 10.4 Å². The summed E-state index contributed by atoms with van der Waals surface area (Å²) in [6.45, 7) is 7.10. The Labute approximate surface area is 123 Å². The molecule has 1 aromatic carbocycles. The smallest absolute Gasteiger partial charge is 0.336 e. The molecule has 4 heteroatoms. The maximum absolute atomic E-state index is 11.7. The number of ether oxygens (including phenoxy) is 1. The number of carbonyl (C=O) groups excluding carboxylic acids is 1. The van der Waals surface area contributed by atoms with Crippen molar-refractivity contribution in [1.82, 2.24) is 0 Å². The van der Waals surface area contributed by atoms with Gasteiger partial charge >= 0.3 is 5.63 Å². The molecule has 0 radical (unpaired) electrons. The van der Waals surface area contributed by atoms with Crippen LogP contribution in [0.15, 0.2) is 27.4 Å². The van der Waals surface area contributed by atoms with Crippen molar-refractivity contribution in [2.75, 3.05) is 0 Å². The van der Waals surface area contributed by atoms with Crippen LogP contribution in [0.4, 0.5) is 0 Å². The average molecular weight is 288 g/mol. The number of fused-ring (bicyclic) bond motifs is 1. The summed E-state index contributed by atoms with van der Waals surface area (Å²) in [6.07, 6.45) is 1.26. The van der Waals surface area contributed by atoms with E-state index in [9.17, 15) is 9.59 Å².